The number of likely N-dealkylation sites (tertiary alicyclic amines) is 1. The lowest BCUT2D eigenvalue weighted by molar-refractivity contribution is 0.183. The van der Waals surface area contributed by atoms with Crippen LogP contribution in [-0.4, -0.2) is 40.7 Å². The number of pyridine rings is 1. The first-order valence-electron chi connectivity index (χ1n) is 9.89. The van der Waals surface area contributed by atoms with E-state index in [4.69, 9.17) is 16.3 Å². The SMILES string of the molecule is CCC(CN1C[C@H]2CC(Oc3cncc(Cl)c3)C[C@H]2C1)c1ccc(O)cc1. The fraction of sp³-hybridized carbons (Fsp3) is 0.500. The average Bonchev–Trinajstić information content (AvgIpc) is 3.18. The van der Waals surface area contributed by atoms with Gasteiger partial charge in [0, 0.05) is 31.9 Å². The van der Waals surface area contributed by atoms with E-state index in [9.17, 15) is 5.11 Å². The Morgan fingerprint density at radius 1 is 1.19 bits per heavy atom. The highest BCUT2D eigenvalue weighted by molar-refractivity contribution is 6.30. The largest absolute Gasteiger partial charge is 0.508 e. The van der Waals surface area contributed by atoms with Gasteiger partial charge in [-0.15, -0.1) is 0 Å². The van der Waals surface area contributed by atoms with Crippen LogP contribution in [0.4, 0.5) is 0 Å². The van der Waals surface area contributed by atoms with Gasteiger partial charge in [-0.1, -0.05) is 30.7 Å². The maximum atomic E-state index is 9.52. The van der Waals surface area contributed by atoms with Gasteiger partial charge in [-0.25, -0.2) is 0 Å². The molecule has 0 radical (unpaired) electrons. The van der Waals surface area contributed by atoms with Crippen LogP contribution in [0.25, 0.3) is 0 Å². The first-order chi connectivity index (χ1) is 13.1. The molecule has 1 aliphatic heterocycles. The molecule has 27 heavy (non-hydrogen) atoms. The van der Waals surface area contributed by atoms with Gasteiger partial charge in [0.2, 0.25) is 0 Å². The van der Waals surface area contributed by atoms with Crippen LogP contribution >= 0.6 is 11.6 Å². The lowest BCUT2D eigenvalue weighted by Crippen LogP contribution is -2.28. The summed E-state index contributed by atoms with van der Waals surface area (Å²) >= 11 is 6.00. The molecule has 2 unspecified atom stereocenters. The summed E-state index contributed by atoms with van der Waals surface area (Å²) in [5.74, 6) is 3.08. The number of rotatable bonds is 6. The first kappa shape index (κ1) is 18.6. The van der Waals surface area contributed by atoms with Gasteiger partial charge in [-0.05, 0) is 54.7 Å². The molecule has 1 aromatic heterocycles. The summed E-state index contributed by atoms with van der Waals surface area (Å²) in [4.78, 5) is 6.72. The molecule has 1 aromatic carbocycles. The Hall–Kier alpha value is -1.78. The van der Waals surface area contributed by atoms with Crippen LogP contribution in [0, 0.1) is 11.8 Å². The minimum Gasteiger partial charge on any atom is -0.508 e. The van der Waals surface area contributed by atoms with E-state index < -0.39 is 0 Å². The van der Waals surface area contributed by atoms with Crippen molar-refractivity contribution in [1.29, 1.82) is 0 Å². The van der Waals surface area contributed by atoms with E-state index >= 15 is 0 Å². The van der Waals surface area contributed by atoms with E-state index in [1.54, 1.807) is 24.5 Å². The Labute approximate surface area is 166 Å². The molecule has 2 aromatic rings. The zero-order chi connectivity index (χ0) is 18.8. The van der Waals surface area contributed by atoms with Crippen molar-refractivity contribution >= 4 is 11.6 Å². The first-order valence-corrected chi connectivity index (χ1v) is 10.3. The van der Waals surface area contributed by atoms with Crippen LogP contribution in [-0.2, 0) is 0 Å². The van der Waals surface area contributed by atoms with Crippen molar-refractivity contribution in [1.82, 2.24) is 9.88 Å². The molecule has 1 aliphatic carbocycles. The fourth-order valence-electron chi connectivity index (χ4n) is 4.76. The number of hydrogen-bond acceptors (Lipinski definition) is 4. The molecule has 2 fully saturated rings. The third kappa shape index (κ3) is 4.39. The molecule has 1 saturated heterocycles. The van der Waals surface area contributed by atoms with Crippen molar-refractivity contribution < 1.29 is 9.84 Å². The van der Waals surface area contributed by atoms with E-state index in [0.29, 0.717) is 16.7 Å². The van der Waals surface area contributed by atoms with Crippen LogP contribution in [0.2, 0.25) is 5.02 Å². The summed E-state index contributed by atoms with van der Waals surface area (Å²) in [6, 6.07) is 9.55. The molecule has 0 spiro atoms. The minimum atomic E-state index is 0.279. The number of nitrogens with zero attached hydrogens (tertiary/aromatic N) is 2. The van der Waals surface area contributed by atoms with Crippen molar-refractivity contribution in [3.8, 4) is 11.5 Å². The summed E-state index contributed by atoms with van der Waals surface area (Å²) in [7, 11) is 0. The number of phenols is 1. The van der Waals surface area contributed by atoms with E-state index in [-0.39, 0.29) is 6.10 Å². The van der Waals surface area contributed by atoms with Crippen LogP contribution in [0.3, 0.4) is 0 Å². The van der Waals surface area contributed by atoms with E-state index in [1.165, 1.54) is 5.56 Å². The Kier molecular flexibility index (Phi) is 5.55. The Morgan fingerprint density at radius 2 is 1.89 bits per heavy atom. The Balaban J connectivity index is 1.31. The van der Waals surface area contributed by atoms with Gasteiger partial charge in [-0.2, -0.15) is 0 Å². The fourth-order valence-corrected chi connectivity index (χ4v) is 4.93. The maximum Gasteiger partial charge on any atom is 0.139 e. The van der Waals surface area contributed by atoms with Crippen LogP contribution in [0.5, 0.6) is 11.5 Å². The Bertz CT molecular complexity index is 753. The predicted molar refractivity (Wildman–Crippen MR) is 107 cm³/mol. The number of phenolic OH excluding ortho intramolecular Hbond substituents is 1. The van der Waals surface area contributed by atoms with Gasteiger partial charge in [0.25, 0.3) is 0 Å². The molecule has 5 heteroatoms. The van der Waals surface area contributed by atoms with Gasteiger partial charge in [0.05, 0.1) is 17.3 Å². The third-order valence-corrected chi connectivity index (χ3v) is 6.31. The quantitative estimate of drug-likeness (QED) is 0.779. The number of aromatic nitrogens is 1. The topological polar surface area (TPSA) is 45.6 Å². The monoisotopic (exact) mass is 386 g/mol. The lowest BCUT2D eigenvalue weighted by atomic mass is 9.96. The molecule has 2 heterocycles. The van der Waals surface area contributed by atoms with Crippen LogP contribution < -0.4 is 4.74 Å². The molecule has 0 bridgehead atoms. The summed E-state index contributed by atoms with van der Waals surface area (Å²) in [6.07, 6.45) is 7.00. The Morgan fingerprint density at radius 3 is 2.52 bits per heavy atom. The normalized spacial score (nSPS) is 26.1. The van der Waals surface area contributed by atoms with Gasteiger partial charge in [0.15, 0.2) is 0 Å². The number of ether oxygens (including phenoxy) is 1. The van der Waals surface area contributed by atoms with Crippen molar-refractivity contribution in [2.24, 2.45) is 11.8 Å². The van der Waals surface area contributed by atoms with E-state index in [2.05, 4.69) is 28.9 Å². The molecule has 2 aliphatic rings. The van der Waals surface area contributed by atoms with Gasteiger partial charge >= 0.3 is 0 Å². The number of aromatic hydroxyl groups is 1. The summed E-state index contributed by atoms with van der Waals surface area (Å²) in [5, 5.41) is 10.1. The van der Waals surface area contributed by atoms with Crippen molar-refractivity contribution in [3.63, 3.8) is 0 Å². The zero-order valence-electron chi connectivity index (χ0n) is 15.7. The molecular formula is C22H27ClN2O2. The minimum absolute atomic E-state index is 0.279. The molecule has 144 valence electrons. The molecule has 4 nitrogen and oxygen atoms in total. The van der Waals surface area contributed by atoms with Crippen molar-refractivity contribution in [2.75, 3.05) is 19.6 Å². The average molecular weight is 387 g/mol. The second-order valence-electron chi connectivity index (χ2n) is 7.99. The van der Waals surface area contributed by atoms with E-state index in [0.717, 1.165) is 56.5 Å². The zero-order valence-corrected chi connectivity index (χ0v) is 16.5. The summed E-state index contributed by atoms with van der Waals surface area (Å²) in [6.45, 7) is 5.66. The second kappa shape index (κ2) is 8.07. The smallest absolute Gasteiger partial charge is 0.139 e. The molecule has 4 rings (SSSR count). The molecule has 0 amide bonds. The molecule has 1 saturated carbocycles. The highest BCUT2D eigenvalue weighted by Crippen LogP contribution is 2.40. The van der Waals surface area contributed by atoms with Crippen LogP contribution in [0.15, 0.2) is 42.7 Å². The van der Waals surface area contributed by atoms with Crippen molar-refractivity contribution in [3.05, 3.63) is 53.3 Å². The number of hydrogen-bond donors (Lipinski definition) is 1. The van der Waals surface area contributed by atoms with Gasteiger partial charge < -0.3 is 14.7 Å². The highest BCUT2D eigenvalue weighted by atomic mass is 35.5. The third-order valence-electron chi connectivity index (χ3n) is 6.10. The van der Waals surface area contributed by atoms with E-state index in [1.807, 2.05) is 6.07 Å². The lowest BCUT2D eigenvalue weighted by Gasteiger charge is -2.25. The standard InChI is InChI=1S/C22H27ClN2O2/c1-2-15(16-3-5-20(26)6-4-16)12-25-13-17-7-21(8-18(17)14-25)27-22-9-19(23)10-24-11-22/h3-6,9-11,15,17-18,21,26H,2,7-8,12-14H2,1H3/t15?,17-,18+,21?. The highest BCUT2D eigenvalue weighted by Gasteiger charge is 2.42. The molecular weight excluding hydrogens is 360 g/mol. The van der Waals surface area contributed by atoms with Crippen LogP contribution in [0.1, 0.15) is 37.7 Å². The summed E-state index contributed by atoms with van der Waals surface area (Å²) in [5.41, 5.74) is 1.32. The van der Waals surface area contributed by atoms with Gasteiger partial charge in [-0.3, -0.25) is 4.98 Å². The van der Waals surface area contributed by atoms with Crippen molar-refractivity contribution in [2.45, 2.75) is 38.2 Å². The van der Waals surface area contributed by atoms with Gasteiger partial charge in [0.1, 0.15) is 11.5 Å². The predicted octanol–water partition coefficient (Wildman–Crippen LogP) is 4.72. The summed E-state index contributed by atoms with van der Waals surface area (Å²) < 4.78 is 6.12. The molecule has 1 N–H and O–H groups in total. The number of halogens is 1. The molecule has 4 atom stereocenters. The second-order valence-corrected chi connectivity index (χ2v) is 8.42. The number of benzene rings is 1. The number of fused-ring (bicyclic) bond motifs is 1. The maximum absolute atomic E-state index is 9.52.